The lowest BCUT2D eigenvalue weighted by Crippen LogP contribution is -2.60. The summed E-state index contributed by atoms with van der Waals surface area (Å²) in [4.78, 5) is 38.7. The lowest BCUT2D eigenvalue weighted by atomic mass is 10.0. The number of thiocarbonyl (C=S) groups is 1. The van der Waals surface area contributed by atoms with E-state index in [2.05, 4.69) is 24.5 Å². The summed E-state index contributed by atoms with van der Waals surface area (Å²) in [6.07, 6.45) is 0.638. The van der Waals surface area contributed by atoms with Gasteiger partial charge in [-0.2, -0.15) is 0 Å². The van der Waals surface area contributed by atoms with E-state index < -0.39 is 12.0 Å². The number of nitrogens with one attached hydrogen (secondary N) is 2. The standard InChI is InChI=1S/C22H31N3O4S/c1-14(2)9-12-29-19(26)13-18-21(28)23-10-11-25(18)22(30)24-20(27)17-7-5-16(6-8-17)15(3)4/h5-8,14-15,18H,9-13H2,1-4H3,(H,23,28)(H,24,27,30). The van der Waals surface area contributed by atoms with Crippen LogP contribution < -0.4 is 10.6 Å². The van der Waals surface area contributed by atoms with Crippen LogP contribution in [0.4, 0.5) is 0 Å². The lowest BCUT2D eigenvalue weighted by molar-refractivity contribution is -0.147. The minimum Gasteiger partial charge on any atom is -0.466 e. The number of benzene rings is 1. The first-order chi connectivity index (χ1) is 14.2. The number of hydrogen-bond acceptors (Lipinski definition) is 5. The second-order valence-electron chi connectivity index (χ2n) is 8.14. The Bertz CT molecular complexity index is 777. The van der Waals surface area contributed by atoms with Crippen LogP contribution in [0.2, 0.25) is 0 Å². The molecule has 1 heterocycles. The van der Waals surface area contributed by atoms with Gasteiger partial charge in [0.25, 0.3) is 5.91 Å². The Labute approximate surface area is 183 Å². The maximum Gasteiger partial charge on any atom is 0.308 e. The van der Waals surface area contributed by atoms with Gasteiger partial charge in [0, 0.05) is 18.7 Å². The number of rotatable bonds is 7. The van der Waals surface area contributed by atoms with Crippen molar-refractivity contribution in [3.05, 3.63) is 35.4 Å². The van der Waals surface area contributed by atoms with Crippen LogP contribution in [0.3, 0.4) is 0 Å². The molecule has 1 aromatic carbocycles. The van der Waals surface area contributed by atoms with Crippen molar-refractivity contribution in [3.8, 4) is 0 Å². The molecule has 1 atom stereocenters. The molecule has 2 amide bonds. The van der Waals surface area contributed by atoms with E-state index in [0.717, 1.165) is 12.0 Å². The zero-order valence-electron chi connectivity index (χ0n) is 18.1. The maximum absolute atomic E-state index is 12.6. The molecule has 8 heteroatoms. The Hall–Kier alpha value is -2.48. The molecule has 0 spiro atoms. The molecular weight excluding hydrogens is 402 g/mol. The van der Waals surface area contributed by atoms with Gasteiger partial charge in [0.1, 0.15) is 6.04 Å². The molecule has 0 saturated carbocycles. The fraction of sp³-hybridized carbons (Fsp3) is 0.545. The van der Waals surface area contributed by atoms with Crippen molar-refractivity contribution in [2.24, 2.45) is 5.92 Å². The largest absolute Gasteiger partial charge is 0.466 e. The highest BCUT2D eigenvalue weighted by atomic mass is 32.1. The number of hydrogen-bond donors (Lipinski definition) is 2. The normalized spacial score (nSPS) is 16.4. The number of ether oxygens (including phenoxy) is 1. The monoisotopic (exact) mass is 433 g/mol. The van der Waals surface area contributed by atoms with Crippen molar-refractivity contribution in [2.75, 3.05) is 19.7 Å². The van der Waals surface area contributed by atoms with E-state index in [0.29, 0.717) is 37.1 Å². The Balaban J connectivity index is 1.99. The first-order valence-corrected chi connectivity index (χ1v) is 10.7. The van der Waals surface area contributed by atoms with Crippen molar-refractivity contribution < 1.29 is 19.1 Å². The molecule has 2 N–H and O–H groups in total. The minimum absolute atomic E-state index is 0.122. The molecule has 1 saturated heterocycles. The maximum atomic E-state index is 12.6. The molecule has 1 aliphatic heterocycles. The van der Waals surface area contributed by atoms with Gasteiger partial charge < -0.3 is 15.0 Å². The Morgan fingerprint density at radius 2 is 1.90 bits per heavy atom. The van der Waals surface area contributed by atoms with Crippen molar-refractivity contribution in [1.82, 2.24) is 15.5 Å². The minimum atomic E-state index is -0.804. The van der Waals surface area contributed by atoms with E-state index in [4.69, 9.17) is 17.0 Å². The van der Waals surface area contributed by atoms with E-state index in [-0.39, 0.29) is 23.3 Å². The summed E-state index contributed by atoms with van der Waals surface area (Å²) in [5.41, 5.74) is 1.62. The average molecular weight is 434 g/mol. The van der Waals surface area contributed by atoms with Gasteiger partial charge in [0.15, 0.2) is 5.11 Å². The second-order valence-corrected chi connectivity index (χ2v) is 8.53. The van der Waals surface area contributed by atoms with Gasteiger partial charge in [-0.3, -0.25) is 19.7 Å². The molecule has 1 aromatic rings. The summed E-state index contributed by atoms with van der Waals surface area (Å²) in [5, 5.41) is 5.55. The Morgan fingerprint density at radius 3 is 2.50 bits per heavy atom. The van der Waals surface area contributed by atoms with E-state index >= 15 is 0 Å². The molecule has 1 aliphatic rings. The van der Waals surface area contributed by atoms with Gasteiger partial charge in [-0.15, -0.1) is 0 Å². The van der Waals surface area contributed by atoms with Crippen LogP contribution in [-0.2, 0) is 14.3 Å². The summed E-state index contributed by atoms with van der Waals surface area (Å²) in [7, 11) is 0. The first-order valence-electron chi connectivity index (χ1n) is 10.3. The zero-order chi connectivity index (χ0) is 22.3. The van der Waals surface area contributed by atoms with Crippen molar-refractivity contribution >= 4 is 35.1 Å². The molecule has 7 nitrogen and oxygen atoms in total. The van der Waals surface area contributed by atoms with E-state index in [1.165, 1.54) is 0 Å². The highest BCUT2D eigenvalue weighted by Crippen LogP contribution is 2.15. The number of amides is 2. The van der Waals surface area contributed by atoms with Crippen LogP contribution in [-0.4, -0.2) is 53.5 Å². The fourth-order valence-corrected chi connectivity index (χ4v) is 3.36. The first kappa shape index (κ1) is 23.8. The highest BCUT2D eigenvalue weighted by Gasteiger charge is 2.34. The molecule has 0 aromatic heterocycles. The van der Waals surface area contributed by atoms with Gasteiger partial charge in [-0.25, -0.2) is 0 Å². The quantitative estimate of drug-likeness (QED) is 0.508. The van der Waals surface area contributed by atoms with E-state index in [1.807, 2.05) is 26.0 Å². The van der Waals surface area contributed by atoms with Gasteiger partial charge in [0.2, 0.25) is 5.91 Å². The summed E-state index contributed by atoms with van der Waals surface area (Å²) >= 11 is 5.38. The van der Waals surface area contributed by atoms with E-state index in [1.54, 1.807) is 17.0 Å². The van der Waals surface area contributed by atoms with Crippen molar-refractivity contribution in [3.63, 3.8) is 0 Å². The number of carbonyl (C=O) groups is 3. The second kappa shape index (κ2) is 11.1. The zero-order valence-corrected chi connectivity index (χ0v) is 18.9. The molecular formula is C22H31N3O4S. The third kappa shape index (κ3) is 6.79. The molecule has 1 fully saturated rings. The highest BCUT2D eigenvalue weighted by molar-refractivity contribution is 7.80. The van der Waals surface area contributed by atoms with E-state index in [9.17, 15) is 14.4 Å². The molecule has 0 aliphatic carbocycles. The molecule has 1 unspecified atom stereocenters. The number of carbonyl (C=O) groups excluding carboxylic acids is 3. The summed E-state index contributed by atoms with van der Waals surface area (Å²) in [5.74, 6) is -0.318. The molecule has 2 rings (SSSR count). The topological polar surface area (TPSA) is 87.7 Å². The molecule has 0 bridgehead atoms. The van der Waals surface area contributed by atoms with Crippen molar-refractivity contribution in [1.29, 1.82) is 0 Å². The third-order valence-electron chi connectivity index (χ3n) is 4.97. The predicted molar refractivity (Wildman–Crippen MR) is 119 cm³/mol. The molecule has 164 valence electrons. The fourth-order valence-electron chi connectivity index (χ4n) is 3.05. The number of esters is 1. The summed E-state index contributed by atoms with van der Waals surface area (Å²) in [6.45, 7) is 9.36. The Morgan fingerprint density at radius 1 is 1.23 bits per heavy atom. The van der Waals surface area contributed by atoms with Crippen LogP contribution in [0.25, 0.3) is 0 Å². The molecule has 30 heavy (non-hydrogen) atoms. The van der Waals surface area contributed by atoms with Crippen LogP contribution in [0.15, 0.2) is 24.3 Å². The molecule has 0 radical (unpaired) electrons. The number of piperazine rings is 1. The lowest BCUT2D eigenvalue weighted by Gasteiger charge is -2.36. The van der Waals surface area contributed by atoms with Gasteiger partial charge in [0.05, 0.1) is 13.0 Å². The van der Waals surface area contributed by atoms with Crippen LogP contribution in [0, 0.1) is 5.92 Å². The summed E-state index contributed by atoms with van der Waals surface area (Å²) < 4.78 is 5.24. The van der Waals surface area contributed by atoms with Crippen LogP contribution in [0.5, 0.6) is 0 Å². The predicted octanol–water partition coefficient (Wildman–Crippen LogP) is 2.60. The van der Waals surface area contributed by atoms with Gasteiger partial charge in [-0.1, -0.05) is 39.8 Å². The third-order valence-corrected chi connectivity index (χ3v) is 5.31. The summed E-state index contributed by atoms with van der Waals surface area (Å²) in [6, 6.07) is 6.51. The smallest absolute Gasteiger partial charge is 0.308 e. The SMILES string of the molecule is CC(C)CCOC(=O)CC1C(=O)NCCN1C(=S)NC(=O)c1ccc(C(C)C)cc1. The van der Waals surface area contributed by atoms with Crippen LogP contribution in [0.1, 0.15) is 62.4 Å². The Kier molecular flexibility index (Phi) is 8.77. The van der Waals surface area contributed by atoms with Crippen LogP contribution >= 0.6 is 12.2 Å². The van der Waals surface area contributed by atoms with Gasteiger partial charge in [-0.05, 0) is 48.2 Å². The van der Waals surface area contributed by atoms with Gasteiger partial charge >= 0.3 is 5.97 Å². The van der Waals surface area contributed by atoms with Crippen molar-refractivity contribution in [2.45, 2.75) is 52.5 Å². The average Bonchev–Trinajstić information content (AvgIpc) is 2.69. The number of nitrogens with zero attached hydrogens (tertiary/aromatic N) is 1.